The van der Waals surface area contributed by atoms with E-state index < -0.39 is 5.97 Å². The molecule has 114 valence electrons. The number of nitrogens with one attached hydrogen (secondary N) is 1. The van der Waals surface area contributed by atoms with Gasteiger partial charge in [0.05, 0.1) is 6.42 Å². The van der Waals surface area contributed by atoms with Gasteiger partial charge in [-0.2, -0.15) is 0 Å². The number of anilines is 1. The number of aliphatic carboxylic acids is 1. The number of benzene rings is 1. The summed E-state index contributed by atoms with van der Waals surface area (Å²) < 4.78 is 0. The van der Waals surface area contributed by atoms with Gasteiger partial charge < -0.3 is 20.2 Å². The Balaban J connectivity index is 1.89. The van der Waals surface area contributed by atoms with E-state index in [1.165, 1.54) is 0 Å². The molecule has 1 atom stereocenters. The number of amides is 2. The number of likely N-dealkylation sites (N-methyl/N-ethyl adjacent to an activating group) is 1. The summed E-state index contributed by atoms with van der Waals surface area (Å²) in [5, 5.41) is 11.6. The van der Waals surface area contributed by atoms with Crippen LogP contribution in [-0.4, -0.2) is 60.1 Å². The summed E-state index contributed by atoms with van der Waals surface area (Å²) >= 11 is 0. The Bertz CT molecular complexity index is 513. The molecule has 0 aliphatic carbocycles. The van der Waals surface area contributed by atoms with Crippen LogP contribution in [0.2, 0.25) is 0 Å². The average molecular weight is 291 g/mol. The van der Waals surface area contributed by atoms with E-state index in [9.17, 15) is 9.59 Å². The Labute approximate surface area is 124 Å². The van der Waals surface area contributed by atoms with Crippen molar-refractivity contribution in [2.75, 3.05) is 32.5 Å². The summed E-state index contributed by atoms with van der Waals surface area (Å²) in [4.78, 5) is 26.7. The van der Waals surface area contributed by atoms with E-state index >= 15 is 0 Å². The van der Waals surface area contributed by atoms with E-state index in [0.29, 0.717) is 17.3 Å². The molecule has 2 N–H and O–H groups in total. The van der Waals surface area contributed by atoms with Gasteiger partial charge in [-0.15, -0.1) is 0 Å². The van der Waals surface area contributed by atoms with Crippen molar-refractivity contribution in [1.82, 2.24) is 9.80 Å². The van der Waals surface area contributed by atoms with Gasteiger partial charge in [-0.3, -0.25) is 4.79 Å². The average Bonchev–Trinajstić information content (AvgIpc) is 2.90. The topological polar surface area (TPSA) is 72.9 Å². The third kappa shape index (κ3) is 4.19. The van der Waals surface area contributed by atoms with Crippen LogP contribution in [0.25, 0.3) is 0 Å². The monoisotopic (exact) mass is 291 g/mol. The number of likely N-dealkylation sites (tertiary alicyclic amines) is 1. The minimum Gasteiger partial charge on any atom is -0.481 e. The van der Waals surface area contributed by atoms with Crippen LogP contribution in [0.4, 0.5) is 10.5 Å². The van der Waals surface area contributed by atoms with E-state index in [2.05, 4.69) is 10.2 Å². The van der Waals surface area contributed by atoms with Crippen molar-refractivity contribution in [2.45, 2.75) is 18.9 Å². The predicted molar refractivity (Wildman–Crippen MR) is 80.5 cm³/mol. The van der Waals surface area contributed by atoms with E-state index in [4.69, 9.17) is 5.11 Å². The number of nitrogens with zero attached hydrogens (tertiary/aromatic N) is 2. The molecule has 1 saturated heterocycles. The van der Waals surface area contributed by atoms with Gasteiger partial charge in [0.1, 0.15) is 0 Å². The highest BCUT2D eigenvalue weighted by Crippen LogP contribution is 2.16. The molecule has 1 unspecified atom stereocenters. The SMILES string of the molecule is CN(C)C1CCN(C(=O)Nc2ccc(CC(=O)O)cc2)C1. The van der Waals surface area contributed by atoms with Gasteiger partial charge in [-0.1, -0.05) is 12.1 Å². The lowest BCUT2D eigenvalue weighted by molar-refractivity contribution is -0.136. The van der Waals surface area contributed by atoms with Gasteiger partial charge in [0.25, 0.3) is 0 Å². The molecule has 21 heavy (non-hydrogen) atoms. The Kier molecular flexibility index (Phi) is 4.80. The Morgan fingerprint density at radius 2 is 2.00 bits per heavy atom. The van der Waals surface area contributed by atoms with E-state index in [1.54, 1.807) is 29.2 Å². The molecule has 0 spiro atoms. The number of carbonyl (C=O) groups is 2. The van der Waals surface area contributed by atoms with Gasteiger partial charge in [0.15, 0.2) is 0 Å². The van der Waals surface area contributed by atoms with E-state index in [1.807, 2.05) is 14.1 Å². The molecule has 1 aliphatic heterocycles. The molecular formula is C15H21N3O3. The van der Waals surface area contributed by atoms with Crippen molar-refractivity contribution in [3.05, 3.63) is 29.8 Å². The molecular weight excluding hydrogens is 270 g/mol. The highest BCUT2D eigenvalue weighted by Gasteiger charge is 2.27. The number of rotatable bonds is 4. The normalized spacial score (nSPS) is 18.0. The van der Waals surface area contributed by atoms with Crippen LogP contribution in [0.5, 0.6) is 0 Å². The highest BCUT2D eigenvalue weighted by molar-refractivity contribution is 5.89. The zero-order chi connectivity index (χ0) is 15.4. The van der Waals surface area contributed by atoms with Crippen LogP contribution in [0.15, 0.2) is 24.3 Å². The third-order valence-corrected chi connectivity index (χ3v) is 3.74. The quantitative estimate of drug-likeness (QED) is 0.881. The lowest BCUT2D eigenvalue weighted by atomic mass is 10.1. The van der Waals surface area contributed by atoms with Gasteiger partial charge in [0, 0.05) is 24.8 Å². The zero-order valence-electron chi connectivity index (χ0n) is 12.4. The summed E-state index contributed by atoms with van der Waals surface area (Å²) in [6.45, 7) is 1.49. The van der Waals surface area contributed by atoms with E-state index in [-0.39, 0.29) is 12.5 Å². The fraction of sp³-hybridized carbons (Fsp3) is 0.467. The van der Waals surface area contributed by atoms with Crippen molar-refractivity contribution in [3.8, 4) is 0 Å². The minimum absolute atomic E-state index is 0.00906. The number of hydrogen-bond donors (Lipinski definition) is 2. The van der Waals surface area contributed by atoms with Crippen LogP contribution in [0, 0.1) is 0 Å². The summed E-state index contributed by atoms with van der Waals surface area (Å²) in [6, 6.07) is 7.21. The fourth-order valence-corrected chi connectivity index (χ4v) is 2.43. The summed E-state index contributed by atoms with van der Waals surface area (Å²) in [5.41, 5.74) is 1.40. The standard InChI is InChI=1S/C15H21N3O3/c1-17(2)13-7-8-18(10-13)15(21)16-12-5-3-11(4-6-12)9-14(19)20/h3-6,13H,7-10H2,1-2H3,(H,16,21)(H,19,20). The Morgan fingerprint density at radius 3 is 2.52 bits per heavy atom. The first-order valence-corrected chi connectivity index (χ1v) is 6.99. The van der Waals surface area contributed by atoms with Crippen molar-refractivity contribution >= 4 is 17.7 Å². The van der Waals surface area contributed by atoms with Gasteiger partial charge in [0.2, 0.25) is 0 Å². The predicted octanol–water partition coefficient (Wildman–Crippen LogP) is 1.48. The fourth-order valence-electron chi connectivity index (χ4n) is 2.43. The Morgan fingerprint density at radius 1 is 1.33 bits per heavy atom. The first-order valence-electron chi connectivity index (χ1n) is 6.99. The van der Waals surface area contributed by atoms with Gasteiger partial charge >= 0.3 is 12.0 Å². The lowest BCUT2D eigenvalue weighted by Gasteiger charge is -2.20. The van der Waals surface area contributed by atoms with Gasteiger partial charge in [-0.05, 0) is 38.2 Å². The van der Waals surface area contributed by atoms with Crippen molar-refractivity contribution in [3.63, 3.8) is 0 Å². The van der Waals surface area contributed by atoms with Crippen LogP contribution >= 0.6 is 0 Å². The van der Waals surface area contributed by atoms with Crippen LogP contribution in [0.1, 0.15) is 12.0 Å². The number of hydrogen-bond acceptors (Lipinski definition) is 3. The number of carboxylic acids is 1. The van der Waals surface area contributed by atoms with Crippen LogP contribution in [0.3, 0.4) is 0 Å². The molecule has 0 saturated carbocycles. The molecule has 1 aromatic carbocycles. The molecule has 1 fully saturated rings. The second-order valence-electron chi connectivity index (χ2n) is 5.55. The highest BCUT2D eigenvalue weighted by atomic mass is 16.4. The first kappa shape index (κ1) is 15.3. The molecule has 6 heteroatoms. The molecule has 1 aromatic rings. The minimum atomic E-state index is -0.862. The first-order chi connectivity index (χ1) is 9.95. The smallest absolute Gasteiger partial charge is 0.321 e. The maximum absolute atomic E-state index is 12.1. The molecule has 2 amide bonds. The van der Waals surface area contributed by atoms with Crippen molar-refractivity contribution < 1.29 is 14.7 Å². The molecule has 1 heterocycles. The summed E-state index contributed by atoms with van der Waals surface area (Å²) in [5.74, 6) is -0.862. The summed E-state index contributed by atoms with van der Waals surface area (Å²) in [7, 11) is 4.04. The largest absolute Gasteiger partial charge is 0.481 e. The maximum Gasteiger partial charge on any atom is 0.321 e. The molecule has 0 bridgehead atoms. The second kappa shape index (κ2) is 6.58. The van der Waals surface area contributed by atoms with Crippen LogP contribution < -0.4 is 5.32 Å². The van der Waals surface area contributed by atoms with E-state index in [0.717, 1.165) is 19.5 Å². The molecule has 2 rings (SSSR count). The third-order valence-electron chi connectivity index (χ3n) is 3.74. The lowest BCUT2D eigenvalue weighted by Crippen LogP contribution is -2.36. The second-order valence-corrected chi connectivity index (χ2v) is 5.55. The van der Waals surface area contributed by atoms with Crippen molar-refractivity contribution in [2.24, 2.45) is 0 Å². The summed E-state index contributed by atoms with van der Waals surface area (Å²) in [6.07, 6.45) is 0.975. The van der Waals surface area contributed by atoms with Crippen LogP contribution in [-0.2, 0) is 11.2 Å². The Hall–Kier alpha value is -2.08. The van der Waals surface area contributed by atoms with Gasteiger partial charge in [-0.25, -0.2) is 4.79 Å². The maximum atomic E-state index is 12.1. The number of urea groups is 1. The number of carbonyl (C=O) groups excluding carboxylic acids is 1. The molecule has 1 aliphatic rings. The molecule has 0 aromatic heterocycles. The number of carboxylic acid groups (broad SMARTS) is 1. The van der Waals surface area contributed by atoms with Crippen molar-refractivity contribution in [1.29, 1.82) is 0 Å². The zero-order valence-corrected chi connectivity index (χ0v) is 12.4. The molecule has 0 radical (unpaired) electrons. The molecule has 6 nitrogen and oxygen atoms in total.